The highest BCUT2D eigenvalue weighted by Crippen LogP contribution is 2.26. The molecule has 0 aromatic heterocycles. The van der Waals surface area contributed by atoms with E-state index in [9.17, 15) is 9.59 Å². The third-order valence-electron chi connectivity index (χ3n) is 4.70. The summed E-state index contributed by atoms with van der Waals surface area (Å²) in [6.07, 6.45) is 3.48. The maximum atomic E-state index is 12.6. The third-order valence-corrected chi connectivity index (χ3v) is 5.23. The van der Waals surface area contributed by atoms with Crippen molar-refractivity contribution in [2.75, 3.05) is 31.0 Å². The summed E-state index contributed by atoms with van der Waals surface area (Å²) in [7, 11) is 1.65. The van der Waals surface area contributed by atoms with E-state index in [1.165, 1.54) is 11.8 Å². The molecule has 2 aromatic rings. The van der Waals surface area contributed by atoms with Crippen molar-refractivity contribution in [1.82, 2.24) is 4.90 Å². The second-order valence-electron chi connectivity index (χ2n) is 6.48. The van der Waals surface area contributed by atoms with Gasteiger partial charge in [0, 0.05) is 12.2 Å². The molecule has 3 rings (SSSR count). The van der Waals surface area contributed by atoms with Gasteiger partial charge in [0.1, 0.15) is 11.8 Å². The topological polar surface area (TPSA) is 58.6 Å². The van der Waals surface area contributed by atoms with Gasteiger partial charge in [-0.2, -0.15) is 11.8 Å². The Hall–Kier alpha value is -2.47. The summed E-state index contributed by atoms with van der Waals surface area (Å²) in [6.45, 7) is 0.659. The van der Waals surface area contributed by atoms with Crippen LogP contribution in [-0.4, -0.2) is 48.4 Å². The van der Waals surface area contributed by atoms with Crippen LogP contribution < -0.4 is 10.1 Å². The Morgan fingerprint density at radius 1 is 1.19 bits per heavy atom. The fourth-order valence-electron chi connectivity index (χ4n) is 3.32. The van der Waals surface area contributed by atoms with Gasteiger partial charge in [0.15, 0.2) is 0 Å². The van der Waals surface area contributed by atoms with Gasteiger partial charge in [0.25, 0.3) is 0 Å². The monoisotopic (exact) mass is 384 g/mol. The maximum Gasteiger partial charge on any atom is 0.247 e. The number of anilines is 1. The van der Waals surface area contributed by atoms with E-state index in [1.807, 2.05) is 54.8 Å². The number of methoxy groups -OCH3 is 1. The van der Waals surface area contributed by atoms with Crippen molar-refractivity contribution >= 4 is 29.3 Å². The second kappa shape index (κ2) is 8.95. The Bertz CT molecular complexity index is 807. The first-order chi connectivity index (χ1) is 13.1. The molecule has 27 heavy (non-hydrogen) atoms. The fraction of sp³-hybridized carbons (Fsp3) is 0.333. The van der Waals surface area contributed by atoms with Gasteiger partial charge in [-0.05, 0) is 54.5 Å². The number of nitrogens with one attached hydrogen (secondary N) is 1. The molecular formula is C21H24N2O3S. The molecule has 0 bridgehead atoms. The van der Waals surface area contributed by atoms with Gasteiger partial charge in [-0.25, -0.2) is 0 Å². The number of ether oxygens (including phenoxy) is 1. The number of thioether (sulfide) groups is 1. The number of amides is 2. The lowest BCUT2D eigenvalue weighted by atomic mass is 10.1. The molecule has 0 aliphatic carbocycles. The van der Waals surface area contributed by atoms with E-state index in [-0.39, 0.29) is 17.9 Å². The fourth-order valence-corrected chi connectivity index (χ4v) is 3.73. The minimum absolute atomic E-state index is 0.0357. The zero-order valence-corrected chi connectivity index (χ0v) is 16.4. The lowest BCUT2D eigenvalue weighted by Gasteiger charge is -2.23. The molecule has 1 aliphatic rings. The molecule has 0 saturated carbocycles. The van der Waals surface area contributed by atoms with Gasteiger partial charge in [-0.15, -0.1) is 0 Å². The first-order valence-electron chi connectivity index (χ1n) is 8.96. The van der Waals surface area contributed by atoms with Crippen LogP contribution in [0, 0.1) is 0 Å². The predicted molar refractivity (Wildman–Crippen MR) is 110 cm³/mol. The Kier molecular flexibility index (Phi) is 6.40. The van der Waals surface area contributed by atoms with Gasteiger partial charge in [0.2, 0.25) is 11.8 Å². The maximum absolute atomic E-state index is 12.6. The lowest BCUT2D eigenvalue weighted by molar-refractivity contribution is -0.134. The molecule has 142 valence electrons. The van der Waals surface area contributed by atoms with Gasteiger partial charge < -0.3 is 15.0 Å². The van der Waals surface area contributed by atoms with E-state index < -0.39 is 0 Å². The van der Waals surface area contributed by atoms with E-state index in [0.717, 1.165) is 29.0 Å². The number of benzene rings is 2. The highest BCUT2D eigenvalue weighted by molar-refractivity contribution is 7.99. The summed E-state index contributed by atoms with van der Waals surface area (Å²) in [5.41, 5.74) is 2.83. The van der Waals surface area contributed by atoms with Crippen LogP contribution in [0.1, 0.15) is 12.8 Å². The Morgan fingerprint density at radius 3 is 2.67 bits per heavy atom. The van der Waals surface area contributed by atoms with Crippen molar-refractivity contribution in [3.63, 3.8) is 0 Å². The van der Waals surface area contributed by atoms with Crippen LogP contribution in [0.25, 0.3) is 11.1 Å². The summed E-state index contributed by atoms with van der Waals surface area (Å²) in [4.78, 5) is 26.5. The van der Waals surface area contributed by atoms with Crippen LogP contribution in [-0.2, 0) is 9.59 Å². The summed E-state index contributed by atoms with van der Waals surface area (Å²) < 4.78 is 5.27. The van der Waals surface area contributed by atoms with E-state index in [0.29, 0.717) is 18.7 Å². The number of nitrogens with zero attached hydrogens (tertiary/aromatic N) is 1. The number of hydrogen-bond donors (Lipinski definition) is 1. The van der Waals surface area contributed by atoms with Crippen molar-refractivity contribution in [3.8, 4) is 16.9 Å². The molecule has 1 atom stereocenters. The first kappa shape index (κ1) is 19.3. The van der Waals surface area contributed by atoms with Gasteiger partial charge in [-0.3, -0.25) is 9.59 Å². The van der Waals surface area contributed by atoms with E-state index >= 15 is 0 Å². The average Bonchev–Trinajstić information content (AvgIpc) is 3.19. The van der Waals surface area contributed by atoms with Gasteiger partial charge in [-0.1, -0.05) is 24.3 Å². The van der Waals surface area contributed by atoms with Crippen molar-refractivity contribution < 1.29 is 14.3 Å². The molecule has 2 amide bonds. The zero-order chi connectivity index (χ0) is 19.2. The molecule has 1 N–H and O–H groups in total. The Balaban J connectivity index is 1.67. The minimum Gasteiger partial charge on any atom is -0.497 e. The average molecular weight is 385 g/mol. The molecule has 1 heterocycles. The van der Waals surface area contributed by atoms with Crippen molar-refractivity contribution in [2.45, 2.75) is 18.9 Å². The summed E-state index contributed by atoms with van der Waals surface area (Å²) >= 11 is 1.48. The SMILES string of the molecule is COc1cccc(-c2ccc(NC(=O)[C@H]3CCCN3C(=O)CSC)cc2)c1. The molecule has 0 spiro atoms. The van der Waals surface area contributed by atoms with Crippen LogP contribution in [0.15, 0.2) is 48.5 Å². The summed E-state index contributed by atoms with van der Waals surface area (Å²) in [5.74, 6) is 1.14. The quantitative estimate of drug-likeness (QED) is 0.826. The second-order valence-corrected chi connectivity index (χ2v) is 7.34. The molecule has 6 heteroatoms. The minimum atomic E-state index is -0.372. The van der Waals surface area contributed by atoms with E-state index in [1.54, 1.807) is 12.0 Å². The largest absolute Gasteiger partial charge is 0.497 e. The number of rotatable bonds is 6. The third kappa shape index (κ3) is 4.63. The molecule has 5 nitrogen and oxygen atoms in total. The molecule has 1 aliphatic heterocycles. The summed E-state index contributed by atoms with van der Waals surface area (Å²) in [6, 6.07) is 15.2. The van der Waals surface area contributed by atoms with Crippen LogP contribution in [0.3, 0.4) is 0 Å². The summed E-state index contributed by atoms with van der Waals surface area (Å²) in [5, 5.41) is 2.95. The number of carbonyl (C=O) groups is 2. The van der Waals surface area contributed by atoms with Crippen LogP contribution >= 0.6 is 11.8 Å². The zero-order valence-electron chi connectivity index (χ0n) is 15.6. The molecule has 0 unspecified atom stereocenters. The van der Waals surface area contributed by atoms with Crippen molar-refractivity contribution in [3.05, 3.63) is 48.5 Å². The standard InChI is InChI=1S/C21H24N2O3S/c1-26-18-6-3-5-16(13-18)15-8-10-17(11-9-15)22-21(25)19-7-4-12-23(19)20(24)14-27-2/h3,5-6,8-11,13,19H,4,7,12,14H2,1-2H3,(H,22,25)/t19-/m1/s1. The highest BCUT2D eigenvalue weighted by Gasteiger charge is 2.33. The van der Waals surface area contributed by atoms with Gasteiger partial charge in [0.05, 0.1) is 12.9 Å². The highest BCUT2D eigenvalue weighted by atomic mass is 32.2. The number of hydrogen-bond acceptors (Lipinski definition) is 4. The Morgan fingerprint density at radius 2 is 1.96 bits per heavy atom. The Labute approximate surface area is 164 Å². The normalized spacial score (nSPS) is 16.2. The van der Waals surface area contributed by atoms with Crippen LogP contribution in [0.5, 0.6) is 5.75 Å². The lowest BCUT2D eigenvalue weighted by Crippen LogP contribution is -2.43. The number of carbonyl (C=O) groups excluding carboxylic acids is 2. The molecular weight excluding hydrogens is 360 g/mol. The van der Waals surface area contributed by atoms with Gasteiger partial charge >= 0.3 is 0 Å². The van der Waals surface area contributed by atoms with Crippen molar-refractivity contribution in [2.24, 2.45) is 0 Å². The number of likely N-dealkylation sites (tertiary alicyclic amines) is 1. The molecule has 1 fully saturated rings. The van der Waals surface area contributed by atoms with Crippen LogP contribution in [0.2, 0.25) is 0 Å². The first-order valence-corrected chi connectivity index (χ1v) is 10.4. The molecule has 1 saturated heterocycles. The van der Waals surface area contributed by atoms with E-state index in [4.69, 9.17) is 4.74 Å². The van der Waals surface area contributed by atoms with Crippen LogP contribution in [0.4, 0.5) is 5.69 Å². The molecule has 2 aromatic carbocycles. The molecule has 0 radical (unpaired) electrons. The van der Waals surface area contributed by atoms with E-state index in [2.05, 4.69) is 5.32 Å². The predicted octanol–water partition coefficient (Wildman–Crippen LogP) is 3.65. The smallest absolute Gasteiger partial charge is 0.247 e. The van der Waals surface area contributed by atoms with Crippen molar-refractivity contribution in [1.29, 1.82) is 0 Å².